The lowest BCUT2D eigenvalue weighted by atomic mass is 10.1. The van der Waals surface area contributed by atoms with Crippen LogP contribution in [0.1, 0.15) is 0 Å². The van der Waals surface area contributed by atoms with E-state index in [4.69, 9.17) is 15.3 Å². The molecule has 5 heteroatoms. The van der Waals surface area contributed by atoms with Crippen molar-refractivity contribution in [2.24, 2.45) is 0 Å². The third-order valence-electron chi connectivity index (χ3n) is 0.949. The zero-order valence-electron chi connectivity index (χ0n) is 5.10. The minimum absolute atomic E-state index is 0.0260. The molecular weight excluding hydrogens is 140 g/mol. The minimum Gasteiger partial charge on any atom is -0.388 e. The van der Waals surface area contributed by atoms with Gasteiger partial charge in [0.1, 0.15) is 18.8 Å². The summed E-state index contributed by atoms with van der Waals surface area (Å²) in [5, 5.41) is 25.2. The average Bonchev–Trinajstić information content (AvgIpc) is 2.00. The molecule has 0 spiro atoms. The van der Waals surface area contributed by atoms with Crippen molar-refractivity contribution < 1.29 is 24.9 Å². The van der Waals surface area contributed by atoms with Crippen LogP contribution in [-0.2, 0) is 9.59 Å². The van der Waals surface area contributed by atoms with Crippen molar-refractivity contribution in [1.82, 2.24) is 0 Å². The summed E-state index contributed by atoms with van der Waals surface area (Å²) in [5.41, 5.74) is 0. The molecule has 0 aromatic rings. The molecule has 10 heavy (non-hydrogen) atoms. The van der Waals surface area contributed by atoms with Crippen LogP contribution >= 0.6 is 0 Å². The van der Waals surface area contributed by atoms with E-state index in [0.717, 1.165) is 0 Å². The summed E-state index contributed by atoms with van der Waals surface area (Å²) in [6, 6.07) is 0. The molecule has 0 radical (unpaired) electrons. The first-order valence-electron chi connectivity index (χ1n) is 2.58. The van der Waals surface area contributed by atoms with Crippen molar-refractivity contribution in [3.63, 3.8) is 0 Å². The molecule has 0 bridgehead atoms. The van der Waals surface area contributed by atoms with E-state index in [9.17, 15) is 9.59 Å². The van der Waals surface area contributed by atoms with Gasteiger partial charge in [0.2, 0.25) is 0 Å². The van der Waals surface area contributed by atoms with E-state index in [1.54, 1.807) is 0 Å². The normalized spacial score (nSPS) is 15.9. The van der Waals surface area contributed by atoms with Crippen LogP contribution in [0.25, 0.3) is 0 Å². The fourth-order valence-electron chi connectivity index (χ4n) is 0.358. The maximum atomic E-state index is 10.3. The molecule has 0 aliphatic rings. The van der Waals surface area contributed by atoms with Gasteiger partial charge in [-0.25, -0.2) is 0 Å². The minimum atomic E-state index is -1.80. The number of ketones is 1. The Bertz CT molecular complexity index is 132. The molecule has 0 amide bonds. The van der Waals surface area contributed by atoms with Gasteiger partial charge in [-0.3, -0.25) is 4.79 Å². The first-order valence-corrected chi connectivity index (χ1v) is 2.58. The second kappa shape index (κ2) is 4.10. The lowest BCUT2D eigenvalue weighted by molar-refractivity contribution is -0.139. The summed E-state index contributed by atoms with van der Waals surface area (Å²) in [5.74, 6) is -0.973. The third-order valence-corrected chi connectivity index (χ3v) is 0.949. The lowest BCUT2D eigenvalue weighted by Gasteiger charge is -2.08. The number of carbonyl (C=O) groups is 2. The van der Waals surface area contributed by atoms with Gasteiger partial charge >= 0.3 is 0 Å². The van der Waals surface area contributed by atoms with Crippen LogP contribution in [0.15, 0.2) is 0 Å². The van der Waals surface area contributed by atoms with Gasteiger partial charge in [-0.1, -0.05) is 0 Å². The molecule has 5 nitrogen and oxygen atoms in total. The van der Waals surface area contributed by atoms with Crippen LogP contribution in [-0.4, -0.2) is 46.2 Å². The van der Waals surface area contributed by atoms with Gasteiger partial charge in [0, 0.05) is 0 Å². The fraction of sp³-hybridized carbons (Fsp3) is 0.600. The van der Waals surface area contributed by atoms with Crippen LogP contribution in [0.4, 0.5) is 0 Å². The standard InChI is InChI=1S/C5H8O5/c6-1-3(8)5(10)4(9)2-7/h1,3,5,7-8,10H,2H2. The summed E-state index contributed by atoms with van der Waals surface area (Å²) in [6.45, 7) is -0.883. The molecule has 0 saturated carbocycles. The Morgan fingerprint density at radius 1 is 1.50 bits per heavy atom. The van der Waals surface area contributed by atoms with Crippen molar-refractivity contribution in [2.45, 2.75) is 12.2 Å². The monoisotopic (exact) mass is 148 g/mol. The largest absolute Gasteiger partial charge is 0.388 e. The number of hydrogen-bond donors (Lipinski definition) is 3. The van der Waals surface area contributed by atoms with Gasteiger partial charge in [-0.15, -0.1) is 0 Å². The highest BCUT2D eigenvalue weighted by Crippen LogP contribution is 1.90. The summed E-state index contributed by atoms with van der Waals surface area (Å²) in [6.07, 6.45) is -3.51. The number of aliphatic hydroxyl groups excluding tert-OH is 3. The summed E-state index contributed by atoms with van der Waals surface area (Å²) < 4.78 is 0. The molecule has 0 aliphatic heterocycles. The predicted molar refractivity (Wildman–Crippen MR) is 30.2 cm³/mol. The van der Waals surface area contributed by atoms with Crippen molar-refractivity contribution in [1.29, 1.82) is 0 Å². The SMILES string of the molecule is O=CC(O)C(O)C(=O)CO. The maximum Gasteiger partial charge on any atom is 0.189 e. The third kappa shape index (κ3) is 2.22. The van der Waals surface area contributed by atoms with Gasteiger partial charge in [-0.2, -0.15) is 0 Å². The van der Waals surface area contributed by atoms with Crippen molar-refractivity contribution in [2.75, 3.05) is 6.61 Å². The molecule has 0 fully saturated rings. The summed E-state index contributed by atoms with van der Waals surface area (Å²) in [4.78, 5) is 20.0. The van der Waals surface area contributed by atoms with Crippen molar-refractivity contribution in [3.05, 3.63) is 0 Å². The smallest absolute Gasteiger partial charge is 0.189 e. The fourth-order valence-corrected chi connectivity index (χ4v) is 0.358. The van der Waals surface area contributed by atoms with E-state index in [2.05, 4.69) is 0 Å². The quantitative estimate of drug-likeness (QED) is 0.382. The number of aliphatic hydroxyl groups is 3. The Morgan fingerprint density at radius 2 is 2.00 bits per heavy atom. The summed E-state index contributed by atoms with van der Waals surface area (Å²) in [7, 11) is 0. The second-order valence-electron chi connectivity index (χ2n) is 1.70. The van der Waals surface area contributed by atoms with Gasteiger partial charge < -0.3 is 20.1 Å². The zero-order valence-corrected chi connectivity index (χ0v) is 5.10. The number of aldehydes is 1. The highest BCUT2D eigenvalue weighted by atomic mass is 16.3. The van der Waals surface area contributed by atoms with E-state index < -0.39 is 24.6 Å². The molecule has 0 saturated heterocycles. The average molecular weight is 148 g/mol. The Hall–Kier alpha value is -0.780. The zero-order chi connectivity index (χ0) is 8.15. The Morgan fingerprint density at radius 3 is 2.30 bits per heavy atom. The highest BCUT2D eigenvalue weighted by Gasteiger charge is 2.22. The molecule has 2 unspecified atom stereocenters. The molecule has 2 atom stereocenters. The Balaban J connectivity index is 3.93. The number of hydrogen-bond acceptors (Lipinski definition) is 5. The predicted octanol–water partition coefficient (Wildman–Crippen LogP) is -2.53. The first-order chi connectivity index (χ1) is 4.63. The Kier molecular flexibility index (Phi) is 3.78. The first kappa shape index (κ1) is 9.22. The second-order valence-corrected chi connectivity index (χ2v) is 1.70. The molecule has 0 heterocycles. The van der Waals surface area contributed by atoms with E-state index in [0.29, 0.717) is 0 Å². The van der Waals surface area contributed by atoms with E-state index in [1.165, 1.54) is 0 Å². The molecule has 0 rings (SSSR count). The van der Waals surface area contributed by atoms with Crippen molar-refractivity contribution in [3.8, 4) is 0 Å². The molecule has 0 aromatic carbocycles. The molecule has 3 N–H and O–H groups in total. The van der Waals surface area contributed by atoms with Gasteiger partial charge in [0.15, 0.2) is 12.1 Å². The number of carbonyl (C=O) groups excluding carboxylic acids is 2. The molecule has 0 aromatic heterocycles. The van der Waals surface area contributed by atoms with Gasteiger partial charge in [-0.05, 0) is 0 Å². The van der Waals surface area contributed by atoms with Crippen LogP contribution in [0.5, 0.6) is 0 Å². The van der Waals surface area contributed by atoms with Crippen LogP contribution in [0.3, 0.4) is 0 Å². The number of rotatable bonds is 4. The van der Waals surface area contributed by atoms with Gasteiger partial charge in [0.25, 0.3) is 0 Å². The molecule has 58 valence electrons. The van der Waals surface area contributed by atoms with E-state index in [1.807, 2.05) is 0 Å². The van der Waals surface area contributed by atoms with Crippen LogP contribution in [0.2, 0.25) is 0 Å². The summed E-state index contributed by atoms with van der Waals surface area (Å²) >= 11 is 0. The lowest BCUT2D eigenvalue weighted by Crippen LogP contribution is -2.36. The topological polar surface area (TPSA) is 94.8 Å². The van der Waals surface area contributed by atoms with Gasteiger partial charge in [0.05, 0.1) is 0 Å². The van der Waals surface area contributed by atoms with E-state index >= 15 is 0 Å². The van der Waals surface area contributed by atoms with E-state index in [-0.39, 0.29) is 6.29 Å². The highest BCUT2D eigenvalue weighted by molar-refractivity contribution is 5.87. The van der Waals surface area contributed by atoms with Crippen LogP contribution < -0.4 is 0 Å². The van der Waals surface area contributed by atoms with Crippen LogP contribution in [0, 0.1) is 0 Å². The number of Topliss-reactive ketones (excluding diaryl/α,β-unsaturated/α-hetero) is 1. The van der Waals surface area contributed by atoms with Crippen molar-refractivity contribution >= 4 is 12.1 Å². The maximum absolute atomic E-state index is 10.3. The molecular formula is C5H8O5. The Labute approximate surface area is 56.9 Å². The molecule has 0 aliphatic carbocycles.